The van der Waals surface area contributed by atoms with Gasteiger partial charge in [-0.25, -0.2) is 4.79 Å². The Hall–Kier alpha value is -2.04. The zero-order chi connectivity index (χ0) is 17.7. The summed E-state index contributed by atoms with van der Waals surface area (Å²) in [7, 11) is 0. The monoisotopic (exact) mass is 365 g/mol. The molecule has 0 aliphatic carbocycles. The standard InChI is InChI=1S/C18H17Cl2NO3/c1-3-24-18(23)12(2)21(14-9-10-15(19)16(20)11-14)17(22)13-7-5-4-6-8-13/h4-12H,3H2,1-2H3/t12-/m1/s1. The smallest absolute Gasteiger partial charge is 0.328 e. The zero-order valence-corrected chi connectivity index (χ0v) is 14.8. The van der Waals surface area contributed by atoms with E-state index in [1.54, 1.807) is 56.3 Å². The summed E-state index contributed by atoms with van der Waals surface area (Å²) < 4.78 is 5.05. The summed E-state index contributed by atoms with van der Waals surface area (Å²) in [4.78, 5) is 26.5. The molecule has 24 heavy (non-hydrogen) atoms. The van der Waals surface area contributed by atoms with E-state index in [-0.39, 0.29) is 12.5 Å². The van der Waals surface area contributed by atoms with Crippen molar-refractivity contribution in [2.24, 2.45) is 0 Å². The van der Waals surface area contributed by atoms with Gasteiger partial charge in [0.05, 0.1) is 16.7 Å². The first-order valence-corrected chi connectivity index (χ1v) is 8.21. The van der Waals surface area contributed by atoms with Gasteiger partial charge in [0, 0.05) is 11.3 Å². The van der Waals surface area contributed by atoms with E-state index < -0.39 is 12.0 Å². The van der Waals surface area contributed by atoms with Crippen LogP contribution in [0.25, 0.3) is 0 Å². The maximum atomic E-state index is 12.9. The fourth-order valence-electron chi connectivity index (χ4n) is 2.24. The van der Waals surface area contributed by atoms with Gasteiger partial charge < -0.3 is 4.74 Å². The molecule has 2 rings (SSSR count). The van der Waals surface area contributed by atoms with E-state index in [2.05, 4.69) is 0 Å². The molecule has 2 aromatic carbocycles. The molecule has 0 aliphatic rings. The quantitative estimate of drug-likeness (QED) is 0.727. The fraction of sp³-hybridized carbons (Fsp3) is 0.222. The minimum absolute atomic E-state index is 0.234. The van der Waals surface area contributed by atoms with E-state index in [4.69, 9.17) is 27.9 Å². The van der Waals surface area contributed by atoms with Crippen molar-refractivity contribution in [3.8, 4) is 0 Å². The summed E-state index contributed by atoms with van der Waals surface area (Å²) in [6, 6.07) is 12.7. The summed E-state index contributed by atoms with van der Waals surface area (Å²) in [5.41, 5.74) is 0.929. The van der Waals surface area contributed by atoms with E-state index in [0.717, 1.165) is 0 Å². The van der Waals surface area contributed by atoms with Crippen LogP contribution in [-0.4, -0.2) is 24.5 Å². The van der Waals surface area contributed by atoms with Crippen molar-refractivity contribution in [1.82, 2.24) is 0 Å². The van der Waals surface area contributed by atoms with Crippen LogP contribution in [0, 0.1) is 0 Å². The Labute approximate surface area is 150 Å². The lowest BCUT2D eigenvalue weighted by Gasteiger charge is -2.28. The van der Waals surface area contributed by atoms with Gasteiger partial charge in [0.1, 0.15) is 6.04 Å². The third-order valence-corrected chi connectivity index (χ3v) is 4.17. The molecule has 0 radical (unpaired) electrons. The van der Waals surface area contributed by atoms with Crippen molar-refractivity contribution < 1.29 is 14.3 Å². The van der Waals surface area contributed by atoms with Crippen LogP contribution in [0.15, 0.2) is 48.5 Å². The van der Waals surface area contributed by atoms with Crippen LogP contribution in [0.4, 0.5) is 5.69 Å². The Morgan fingerprint density at radius 1 is 1.08 bits per heavy atom. The van der Waals surface area contributed by atoms with Crippen molar-refractivity contribution in [2.75, 3.05) is 11.5 Å². The van der Waals surface area contributed by atoms with Crippen LogP contribution in [0.1, 0.15) is 24.2 Å². The van der Waals surface area contributed by atoms with E-state index in [0.29, 0.717) is 21.3 Å². The second-order valence-electron chi connectivity index (χ2n) is 5.07. The van der Waals surface area contributed by atoms with Crippen LogP contribution in [-0.2, 0) is 9.53 Å². The van der Waals surface area contributed by atoms with E-state index >= 15 is 0 Å². The molecule has 0 saturated heterocycles. The molecule has 0 unspecified atom stereocenters. The molecule has 2 aromatic rings. The molecule has 6 heteroatoms. The highest BCUT2D eigenvalue weighted by molar-refractivity contribution is 6.42. The number of ether oxygens (including phenoxy) is 1. The molecule has 4 nitrogen and oxygen atoms in total. The van der Waals surface area contributed by atoms with Gasteiger partial charge in [-0.05, 0) is 44.2 Å². The van der Waals surface area contributed by atoms with Gasteiger partial charge in [0.2, 0.25) is 0 Å². The summed E-state index contributed by atoms with van der Waals surface area (Å²) in [6.07, 6.45) is 0. The Morgan fingerprint density at radius 3 is 2.33 bits per heavy atom. The number of hydrogen-bond acceptors (Lipinski definition) is 3. The lowest BCUT2D eigenvalue weighted by molar-refractivity contribution is -0.144. The van der Waals surface area contributed by atoms with Gasteiger partial charge in [0.25, 0.3) is 5.91 Å². The number of amides is 1. The zero-order valence-electron chi connectivity index (χ0n) is 13.3. The molecular formula is C18H17Cl2NO3. The molecule has 1 atom stereocenters. The molecular weight excluding hydrogens is 349 g/mol. The first-order valence-electron chi connectivity index (χ1n) is 7.46. The molecule has 1 amide bonds. The molecule has 0 aliphatic heterocycles. The Balaban J connectivity index is 2.46. The van der Waals surface area contributed by atoms with Crippen molar-refractivity contribution in [3.63, 3.8) is 0 Å². The summed E-state index contributed by atoms with van der Waals surface area (Å²) >= 11 is 12.0. The van der Waals surface area contributed by atoms with Crippen LogP contribution in [0.3, 0.4) is 0 Å². The van der Waals surface area contributed by atoms with Crippen LogP contribution < -0.4 is 4.90 Å². The number of benzene rings is 2. The SMILES string of the molecule is CCOC(=O)[C@@H](C)N(C(=O)c1ccccc1)c1ccc(Cl)c(Cl)c1. The van der Waals surface area contributed by atoms with Crippen molar-refractivity contribution in [1.29, 1.82) is 0 Å². The van der Waals surface area contributed by atoms with Crippen LogP contribution in [0.5, 0.6) is 0 Å². The van der Waals surface area contributed by atoms with Crippen LogP contribution >= 0.6 is 23.2 Å². The molecule has 0 aromatic heterocycles. The summed E-state index contributed by atoms with van der Waals surface area (Å²) in [5, 5.41) is 0.674. The molecule has 126 valence electrons. The highest BCUT2D eigenvalue weighted by atomic mass is 35.5. The topological polar surface area (TPSA) is 46.6 Å². The van der Waals surface area contributed by atoms with Crippen LogP contribution in [0.2, 0.25) is 10.0 Å². The first-order chi connectivity index (χ1) is 11.5. The van der Waals surface area contributed by atoms with Gasteiger partial charge in [-0.1, -0.05) is 41.4 Å². The number of carbonyl (C=O) groups excluding carboxylic acids is 2. The average Bonchev–Trinajstić information content (AvgIpc) is 2.59. The number of carbonyl (C=O) groups is 2. The molecule has 0 saturated carbocycles. The number of nitrogens with zero attached hydrogens (tertiary/aromatic N) is 1. The predicted octanol–water partition coefficient (Wildman–Crippen LogP) is 4.59. The maximum absolute atomic E-state index is 12.9. The largest absolute Gasteiger partial charge is 0.464 e. The second-order valence-corrected chi connectivity index (χ2v) is 5.88. The average molecular weight is 366 g/mol. The lowest BCUT2D eigenvalue weighted by Crippen LogP contribution is -2.44. The van der Waals surface area contributed by atoms with E-state index in [9.17, 15) is 9.59 Å². The third-order valence-electron chi connectivity index (χ3n) is 3.44. The molecule has 0 N–H and O–H groups in total. The van der Waals surface area contributed by atoms with Gasteiger partial charge in [0.15, 0.2) is 0 Å². The number of halogens is 2. The van der Waals surface area contributed by atoms with Crippen molar-refractivity contribution in [3.05, 3.63) is 64.1 Å². The lowest BCUT2D eigenvalue weighted by atomic mass is 10.1. The molecule has 0 heterocycles. The summed E-state index contributed by atoms with van der Waals surface area (Å²) in [6.45, 7) is 3.56. The van der Waals surface area contributed by atoms with Crippen molar-refractivity contribution >= 4 is 40.8 Å². The summed E-state index contributed by atoms with van der Waals surface area (Å²) in [5.74, 6) is -0.817. The molecule has 0 fully saturated rings. The van der Waals surface area contributed by atoms with Gasteiger partial charge in [-0.2, -0.15) is 0 Å². The Morgan fingerprint density at radius 2 is 1.75 bits per heavy atom. The van der Waals surface area contributed by atoms with Gasteiger partial charge in [-0.3, -0.25) is 9.69 Å². The second kappa shape index (κ2) is 8.18. The fourth-order valence-corrected chi connectivity index (χ4v) is 2.53. The van der Waals surface area contributed by atoms with Crippen molar-refractivity contribution in [2.45, 2.75) is 19.9 Å². The van der Waals surface area contributed by atoms with E-state index in [1.807, 2.05) is 6.07 Å². The highest BCUT2D eigenvalue weighted by Crippen LogP contribution is 2.29. The third kappa shape index (κ3) is 4.08. The number of rotatable bonds is 5. The first kappa shape index (κ1) is 18.3. The number of anilines is 1. The maximum Gasteiger partial charge on any atom is 0.328 e. The number of esters is 1. The Kier molecular flexibility index (Phi) is 6.23. The molecule has 0 spiro atoms. The highest BCUT2D eigenvalue weighted by Gasteiger charge is 2.29. The Bertz CT molecular complexity index is 734. The predicted molar refractivity (Wildman–Crippen MR) is 95.8 cm³/mol. The normalized spacial score (nSPS) is 11.7. The minimum atomic E-state index is -0.810. The van der Waals surface area contributed by atoms with E-state index in [1.165, 1.54) is 4.90 Å². The van der Waals surface area contributed by atoms with Gasteiger partial charge in [-0.15, -0.1) is 0 Å². The van der Waals surface area contributed by atoms with Gasteiger partial charge >= 0.3 is 5.97 Å². The minimum Gasteiger partial charge on any atom is -0.464 e. The molecule has 0 bridgehead atoms. The number of hydrogen-bond donors (Lipinski definition) is 0.